The topological polar surface area (TPSA) is 85.5 Å². The summed E-state index contributed by atoms with van der Waals surface area (Å²) in [6, 6.07) is 15.9. The van der Waals surface area contributed by atoms with Crippen LogP contribution < -0.4 is 15.2 Å². The van der Waals surface area contributed by atoms with Crippen LogP contribution in [0.2, 0.25) is 0 Å². The molecule has 3 heterocycles. The zero-order chi connectivity index (χ0) is 24.2. The smallest absolute Gasteiger partial charge is 0.326 e. The quantitative estimate of drug-likeness (QED) is 0.354. The monoisotopic (exact) mass is 476 g/mol. The van der Waals surface area contributed by atoms with Gasteiger partial charge in [0.2, 0.25) is 0 Å². The molecular weight excluding hydrogens is 444 g/mol. The molecule has 35 heavy (non-hydrogen) atoms. The molecule has 1 saturated heterocycles. The van der Waals surface area contributed by atoms with E-state index in [9.17, 15) is 4.79 Å². The SMILES string of the molecule is COc1ccc(-c2cc(CCCCN3CCC(n4c(=O)[nH]c5ccccc54)CC3)on2)c(OC)c1. The number of piperidine rings is 1. The molecule has 0 spiro atoms. The standard InChI is InChI=1S/C27H32N4O4/c1-33-20-10-11-22(26(18-20)34-2)24-17-21(35-29-24)7-5-6-14-30-15-12-19(13-16-30)31-25-9-4-3-8-23(25)28-27(31)32/h3-4,8-11,17-19H,5-7,12-16H2,1-2H3,(H,28,32). The molecule has 1 N–H and O–H groups in total. The van der Waals surface area contributed by atoms with E-state index in [2.05, 4.69) is 15.0 Å². The summed E-state index contributed by atoms with van der Waals surface area (Å²) in [7, 11) is 3.27. The van der Waals surface area contributed by atoms with Gasteiger partial charge in [-0.2, -0.15) is 0 Å². The van der Waals surface area contributed by atoms with Gasteiger partial charge in [0.1, 0.15) is 23.0 Å². The first-order chi connectivity index (χ1) is 17.2. The normalized spacial score (nSPS) is 15.0. The van der Waals surface area contributed by atoms with Gasteiger partial charge in [-0.15, -0.1) is 0 Å². The van der Waals surface area contributed by atoms with Crippen LogP contribution in [0.25, 0.3) is 22.3 Å². The molecule has 0 bridgehead atoms. The van der Waals surface area contributed by atoms with Crippen LogP contribution >= 0.6 is 0 Å². The van der Waals surface area contributed by atoms with Crippen LogP contribution in [-0.2, 0) is 6.42 Å². The maximum atomic E-state index is 12.5. The van der Waals surface area contributed by atoms with Crippen LogP contribution in [0.3, 0.4) is 0 Å². The highest BCUT2D eigenvalue weighted by Crippen LogP contribution is 2.33. The summed E-state index contributed by atoms with van der Waals surface area (Å²) in [5.74, 6) is 2.34. The molecule has 4 aromatic rings. The van der Waals surface area contributed by atoms with Gasteiger partial charge in [0.15, 0.2) is 0 Å². The molecule has 1 aliphatic heterocycles. The van der Waals surface area contributed by atoms with Gasteiger partial charge in [-0.25, -0.2) is 4.79 Å². The van der Waals surface area contributed by atoms with Crippen molar-refractivity contribution in [2.75, 3.05) is 33.9 Å². The number of unbranched alkanes of at least 4 members (excludes halogenated alkanes) is 1. The number of aryl methyl sites for hydroxylation is 1. The van der Waals surface area contributed by atoms with E-state index in [0.29, 0.717) is 5.75 Å². The summed E-state index contributed by atoms with van der Waals surface area (Å²) >= 11 is 0. The minimum Gasteiger partial charge on any atom is -0.497 e. The number of benzene rings is 2. The average Bonchev–Trinajstić information content (AvgIpc) is 3.50. The molecule has 1 aliphatic rings. The third-order valence-corrected chi connectivity index (χ3v) is 6.94. The lowest BCUT2D eigenvalue weighted by molar-refractivity contribution is 0.183. The van der Waals surface area contributed by atoms with Crippen molar-refractivity contribution < 1.29 is 14.0 Å². The van der Waals surface area contributed by atoms with Crippen molar-refractivity contribution in [2.24, 2.45) is 0 Å². The number of methoxy groups -OCH3 is 2. The van der Waals surface area contributed by atoms with E-state index in [-0.39, 0.29) is 11.7 Å². The second kappa shape index (κ2) is 10.4. The number of hydrogen-bond acceptors (Lipinski definition) is 6. The number of aromatic amines is 1. The number of para-hydroxylation sites is 2. The maximum absolute atomic E-state index is 12.5. The van der Waals surface area contributed by atoms with Crippen molar-refractivity contribution in [1.82, 2.24) is 19.6 Å². The Kier molecular flexibility index (Phi) is 6.90. The minimum absolute atomic E-state index is 0.00309. The molecular formula is C27H32N4O4. The number of rotatable bonds is 9. The minimum atomic E-state index is 0.00309. The molecule has 0 saturated carbocycles. The molecule has 0 atom stereocenters. The van der Waals surface area contributed by atoms with Gasteiger partial charge in [-0.05, 0) is 56.5 Å². The zero-order valence-corrected chi connectivity index (χ0v) is 20.3. The van der Waals surface area contributed by atoms with Gasteiger partial charge in [0, 0.05) is 43.2 Å². The average molecular weight is 477 g/mol. The number of imidazole rings is 1. The fraction of sp³-hybridized carbons (Fsp3) is 0.407. The summed E-state index contributed by atoms with van der Waals surface area (Å²) in [6.07, 6.45) is 4.98. The number of likely N-dealkylation sites (tertiary alicyclic amines) is 1. The van der Waals surface area contributed by atoms with Crippen molar-refractivity contribution >= 4 is 11.0 Å². The summed E-state index contributed by atoms with van der Waals surface area (Å²) < 4.78 is 18.3. The van der Waals surface area contributed by atoms with Gasteiger partial charge in [-0.3, -0.25) is 4.57 Å². The molecule has 0 aliphatic carbocycles. The van der Waals surface area contributed by atoms with Gasteiger partial charge < -0.3 is 23.9 Å². The molecule has 8 nitrogen and oxygen atoms in total. The van der Waals surface area contributed by atoms with E-state index in [1.807, 2.05) is 53.1 Å². The molecule has 0 unspecified atom stereocenters. The highest BCUT2D eigenvalue weighted by Gasteiger charge is 2.23. The lowest BCUT2D eigenvalue weighted by Crippen LogP contribution is -2.37. The van der Waals surface area contributed by atoms with Gasteiger partial charge in [-0.1, -0.05) is 17.3 Å². The Bertz CT molecular complexity index is 1330. The Morgan fingerprint density at radius 1 is 1.06 bits per heavy atom. The summed E-state index contributed by atoms with van der Waals surface area (Å²) in [6.45, 7) is 3.09. The fourth-order valence-electron chi connectivity index (χ4n) is 5.04. The van der Waals surface area contributed by atoms with Gasteiger partial charge in [0.05, 0.1) is 25.3 Å². The van der Waals surface area contributed by atoms with E-state index < -0.39 is 0 Å². The summed E-state index contributed by atoms with van der Waals surface area (Å²) in [4.78, 5) is 18.0. The van der Waals surface area contributed by atoms with Crippen molar-refractivity contribution in [2.45, 2.75) is 38.1 Å². The lowest BCUT2D eigenvalue weighted by atomic mass is 10.0. The third-order valence-electron chi connectivity index (χ3n) is 6.94. The zero-order valence-electron chi connectivity index (χ0n) is 20.3. The first kappa shape index (κ1) is 23.2. The highest BCUT2D eigenvalue weighted by molar-refractivity contribution is 5.75. The molecule has 8 heteroatoms. The van der Waals surface area contributed by atoms with Crippen LogP contribution in [0.4, 0.5) is 0 Å². The molecule has 5 rings (SSSR count). The van der Waals surface area contributed by atoms with Crippen LogP contribution in [0.15, 0.2) is 57.8 Å². The number of hydrogen-bond donors (Lipinski definition) is 1. The Morgan fingerprint density at radius 2 is 1.89 bits per heavy atom. The largest absolute Gasteiger partial charge is 0.497 e. The van der Waals surface area contributed by atoms with Crippen molar-refractivity contribution in [1.29, 1.82) is 0 Å². The van der Waals surface area contributed by atoms with Crippen LogP contribution in [-0.4, -0.2) is 53.5 Å². The molecule has 2 aromatic carbocycles. The Morgan fingerprint density at radius 3 is 2.69 bits per heavy atom. The van der Waals surface area contributed by atoms with Crippen molar-refractivity contribution in [3.8, 4) is 22.8 Å². The fourth-order valence-corrected chi connectivity index (χ4v) is 5.04. The number of aromatic nitrogens is 3. The summed E-state index contributed by atoms with van der Waals surface area (Å²) in [5.41, 5.74) is 3.59. The van der Waals surface area contributed by atoms with Crippen LogP contribution in [0.5, 0.6) is 11.5 Å². The van der Waals surface area contributed by atoms with E-state index in [1.165, 1.54) is 0 Å². The first-order valence-corrected chi connectivity index (χ1v) is 12.3. The van der Waals surface area contributed by atoms with E-state index in [0.717, 1.165) is 85.5 Å². The van der Waals surface area contributed by atoms with Gasteiger partial charge >= 0.3 is 5.69 Å². The predicted octanol–water partition coefficient (Wildman–Crippen LogP) is 4.66. The number of nitrogens with one attached hydrogen (secondary N) is 1. The summed E-state index contributed by atoms with van der Waals surface area (Å²) in [5, 5.41) is 4.24. The molecule has 1 fully saturated rings. The van der Waals surface area contributed by atoms with Crippen molar-refractivity contribution in [3.63, 3.8) is 0 Å². The molecule has 184 valence electrons. The van der Waals surface area contributed by atoms with Gasteiger partial charge in [0.25, 0.3) is 0 Å². The third kappa shape index (κ3) is 4.98. The second-order valence-electron chi connectivity index (χ2n) is 9.09. The van der Waals surface area contributed by atoms with Crippen LogP contribution in [0, 0.1) is 0 Å². The predicted molar refractivity (Wildman–Crippen MR) is 135 cm³/mol. The van der Waals surface area contributed by atoms with E-state index in [4.69, 9.17) is 14.0 Å². The first-order valence-electron chi connectivity index (χ1n) is 12.3. The number of nitrogens with zero attached hydrogens (tertiary/aromatic N) is 3. The highest BCUT2D eigenvalue weighted by atomic mass is 16.5. The number of ether oxygens (including phenoxy) is 2. The lowest BCUT2D eigenvalue weighted by Gasteiger charge is -2.32. The Labute approximate surface area is 204 Å². The van der Waals surface area contributed by atoms with E-state index >= 15 is 0 Å². The molecule has 0 radical (unpaired) electrons. The maximum Gasteiger partial charge on any atom is 0.326 e. The second-order valence-corrected chi connectivity index (χ2v) is 9.09. The van der Waals surface area contributed by atoms with Crippen molar-refractivity contribution in [3.05, 3.63) is 64.8 Å². The van der Waals surface area contributed by atoms with Crippen LogP contribution in [0.1, 0.15) is 37.5 Å². The molecule has 0 amide bonds. The Balaban J connectivity index is 1.09. The molecule has 2 aromatic heterocycles. The number of H-pyrrole nitrogens is 1. The van der Waals surface area contributed by atoms with E-state index in [1.54, 1.807) is 14.2 Å². The Hall–Kier alpha value is -3.52. The number of fused-ring (bicyclic) bond motifs is 1.